The summed E-state index contributed by atoms with van der Waals surface area (Å²) in [6, 6.07) is 5.81. The molecule has 0 aromatic heterocycles. The number of aliphatic hydroxyl groups excluding tert-OH is 1. The van der Waals surface area contributed by atoms with E-state index < -0.39 is 6.10 Å². The number of ether oxygens (including phenoxy) is 1. The van der Waals surface area contributed by atoms with Crippen molar-refractivity contribution in [3.63, 3.8) is 0 Å². The van der Waals surface area contributed by atoms with E-state index in [2.05, 4.69) is 6.58 Å². The lowest BCUT2D eigenvalue weighted by molar-refractivity contribution is 0.216. The highest BCUT2D eigenvalue weighted by atomic mass is 16.5. The van der Waals surface area contributed by atoms with E-state index in [-0.39, 0.29) is 0 Å². The van der Waals surface area contributed by atoms with Crippen LogP contribution in [-0.4, -0.2) is 11.7 Å². The highest BCUT2D eigenvalue weighted by Gasteiger charge is 2.15. The maximum atomic E-state index is 9.79. The number of rotatable bonds is 2. The predicted molar refractivity (Wildman–Crippen MR) is 55.4 cm³/mol. The van der Waals surface area contributed by atoms with Crippen LogP contribution in [0.15, 0.2) is 30.4 Å². The largest absolute Gasteiger partial charge is 0.493 e. The zero-order valence-corrected chi connectivity index (χ0v) is 8.29. The lowest BCUT2D eigenvalue weighted by Gasteiger charge is -2.11. The molecule has 1 N–H and O–H groups in total. The molecule has 0 bridgehead atoms. The Morgan fingerprint density at radius 2 is 2.36 bits per heavy atom. The molecule has 2 heteroatoms. The van der Waals surface area contributed by atoms with Crippen LogP contribution in [0, 0.1) is 0 Å². The third kappa shape index (κ3) is 1.53. The molecule has 2 rings (SSSR count). The smallest absolute Gasteiger partial charge is 0.122 e. The molecule has 1 aromatic carbocycles. The van der Waals surface area contributed by atoms with E-state index in [4.69, 9.17) is 4.74 Å². The first kappa shape index (κ1) is 9.28. The molecule has 2 nitrogen and oxygen atoms in total. The van der Waals surface area contributed by atoms with Crippen LogP contribution in [0.1, 0.15) is 24.2 Å². The molecular weight excluding hydrogens is 176 g/mol. The summed E-state index contributed by atoms with van der Waals surface area (Å²) in [5.41, 5.74) is 2.86. The van der Waals surface area contributed by atoms with Gasteiger partial charge in [0, 0.05) is 6.42 Å². The van der Waals surface area contributed by atoms with Crippen molar-refractivity contribution in [2.24, 2.45) is 0 Å². The predicted octanol–water partition coefficient (Wildman–Crippen LogP) is 2.23. The fourth-order valence-corrected chi connectivity index (χ4v) is 1.66. The van der Waals surface area contributed by atoms with E-state index in [0.29, 0.717) is 0 Å². The van der Waals surface area contributed by atoms with E-state index in [1.54, 1.807) is 0 Å². The molecule has 0 radical (unpaired) electrons. The Labute approximate surface area is 83.8 Å². The van der Waals surface area contributed by atoms with Gasteiger partial charge in [-0.3, -0.25) is 0 Å². The van der Waals surface area contributed by atoms with Crippen molar-refractivity contribution < 1.29 is 9.84 Å². The molecule has 1 aliphatic rings. The zero-order chi connectivity index (χ0) is 10.1. The van der Waals surface area contributed by atoms with Crippen molar-refractivity contribution in [1.82, 2.24) is 0 Å². The highest BCUT2D eigenvalue weighted by molar-refractivity contribution is 5.41. The second-order valence-corrected chi connectivity index (χ2v) is 3.71. The van der Waals surface area contributed by atoms with E-state index >= 15 is 0 Å². The summed E-state index contributed by atoms with van der Waals surface area (Å²) >= 11 is 0. The van der Waals surface area contributed by atoms with E-state index in [1.807, 2.05) is 25.1 Å². The van der Waals surface area contributed by atoms with Gasteiger partial charge in [0.25, 0.3) is 0 Å². The lowest BCUT2D eigenvalue weighted by atomic mass is 10.0. The maximum absolute atomic E-state index is 9.79. The van der Waals surface area contributed by atoms with Crippen LogP contribution in [0.2, 0.25) is 0 Å². The van der Waals surface area contributed by atoms with Gasteiger partial charge < -0.3 is 9.84 Å². The molecule has 0 fully saturated rings. The Morgan fingerprint density at radius 1 is 1.57 bits per heavy atom. The summed E-state index contributed by atoms with van der Waals surface area (Å²) < 4.78 is 5.39. The monoisotopic (exact) mass is 190 g/mol. The van der Waals surface area contributed by atoms with Gasteiger partial charge in [-0.05, 0) is 35.8 Å². The molecule has 0 amide bonds. The standard InChI is InChI=1S/C12H14O2/c1-8(2)12(13)10-3-4-11-9(7-10)5-6-14-11/h3-4,7,12-13H,1,5-6H2,2H3. The first-order valence-electron chi connectivity index (χ1n) is 4.77. The Kier molecular flexibility index (Phi) is 2.30. The van der Waals surface area contributed by atoms with Crippen molar-refractivity contribution in [3.8, 4) is 5.75 Å². The van der Waals surface area contributed by atoms with Crippen LogP contribution < -0.4 is 4.74 Å². The normalized spacial score (nSPS) is 15.9. The molecule has 74 valence electrons. The summed E-state index contributed by atoms with van der Waals surface area (Å²) in [5, 5.41) is 9.79. The Hall–Kier alpha value is -1.28. The molecule has 0 saturated carbocycles. The molecule has 1 atom stereocenters. The first-order valence-corrected chi connectivity index (χ1v) is 4.77. The molecular formula is C12H14O2. The van der Waals surface area contributed by atoms with Crippen molar-refractivity contribution in [1.29, 1.82) is 0 Å². The lowest BCUT2D eigenvalue weighted by Crippen LogP contribution is -1.98. The summed E-state index contributed by atoms with van der Waals surface area (Å²) in [5.74, 6) is 0.947. The second kappa shape index (κ2) is 3.46. The minimum atomic E-state index is -0.555. The fraction of sp³-hybridized carbons (Fsp3) is 0.333. The van der Waals surface area contributed by atoms with Crippen molar-refractivity contribution >= 4 is 0 Å². The third-order valence-corrected chi connectivity index (χ3v) is 2.50. The number of hydrogen-bond acceptors (Lipinski definition) is 2. The molecule has 1 heterocycles. The molecule has 14 heavy (non-hydrogen) atoms. The fourth-order valence-electron chi connectivity index (χ4n) is 1.66. The summed E-state index contributed by atoms with van der Waals surface area (Å²) in [4.78, 5) is 0. The van der Waals surface area contributed by atoms with Crippen LogP contribution in [0.4, 0.5) is 0 Å². The molecule has 0 spiro atoms. The molecule has 0 saturated heterocycles. The molecule has 1 aromatic rings. The Bertz CT molecular complexity index is 369. The number of hydrogen-bond donors (Lipinski definition) is 1. The summed E-state index contributed by atoms with van der Waals surface area (Å²) in [7, 11) is 0. The van der Waals surface area contributed by atoms with Gasteiger partial charge in [-0.1, -0.05) is 12.6 Å². The topological polar surface area (TPSA) is 29.5 Å². The van der Waals surface area contributed by atoms with Crippen LogP contribution in [0.5, 0.6) is 5.75 Å². The number of aliphatic hydroxyl groups is 1. The van der Waals surface area contributed by atoms with E-state index in [1.165, 1.54) is 5.56 Å². The van der Waals surface area contributed by atoms with Crippen LogP contribution in [0.25, 0.3) is 0 Å². The maximum Gasteiger partial charge on any atom is 0.122 e. The van der Waals surface area contributed by atoms with Gasteiger partial charge >= 0.3 is 0 Å². The Morgan fingerprint density at radius 3 is 3.07 bits per heavy atom. The van der Waals surface area contributed by atoms with Crippen molar-refractivity contribution in [3.05, 3.63) is 41.5 Å². The van der Waals surface area contributed by atoms with Gasteiger partial charge in [0.05, 0.1) is 12.7 Å². The minimum absolute atomic E-state index is 0.555. The van der Waals surface area contributed by atoms with Crippen molar-refractivity contribution in [2.75, 3.05) is 6.61 Å². The highest BCUT2D eigenvalue weighted by Crippen LogP contribution is 2.29. The van der Waals surface area contributed by atoms with Crippen molar-refractivity contribution in [2.45, 2.75) is 19.4 Å². The Balaban J connectivity index is 2.33. The number of fused-ring (bicyclic) bond motifs is 1. The first-order chi connectivity index (χ1) is 6.68. The second-order valence-electron chi connectivity index (χ2n) is 3.71. The van der Waals surface area contributed by atoms with Gasteiger partial charge in [-0.15, -0.1) is 0 Å². The SMILES string of the molecule is C=C(C)C(O)c1ccc2c(c1)CCO2. The van der Waals surface area contributed by atoms with Gasteiger partial charge in [0.15, 0.2) is 0 Å². The average Bonchev–Trinajstić information content (AvgIpc) is 2.62. The number of benzene rings is 1. The quantitative estimate of drug-likeness (QED) is 0.725. The summed E-state index contributed by atoms with van der Waals surface area (Å²) in [6.45, 7) is 6.32. The zero-order valence-electron chi connectivity index (χ0n) is 8.29. The van der Waals surface area contributed by atoms with Crippen LogP contribution in [-0.2, 0) is 6.42 Å². The molecule has 1 aliphatic heterocycles. The third-order valence-electron chi connectivity index (χ3n) is 2.50. The van der Waals surface area contributed by atoms with Gasteiger partial charge in [0.2, 0.25) is 0 Å². The summed E-state index contributed by atoms with van der Waals surface area (Å²) in [6.07, 6.45) is 0.382. The van der Waals surface area contributed by atoms with Crippen LogP contribution in [0.3, 0.4) is 0 Å². The average molecular weight is 190 g/mol. The van der Waals surface area contributed by atoms with Crippen LogP contribution >= 0.6 is 0 Å². The van der Waals surface area contributed by atoms with Gasteiger partial charge in [-0.25, -0.2) is 0 Å². The van der Waals surface area contributed by atoms with E-state index in [9.17, 15) is 5.11 Å². The molecule has 1 unspecified atom stereocenters. The molecule has 0 aliphatic carbocycles. The minimum Gasteiger partial charge on any atom is -0.493 e. The van der Waals surface area contributed by atoms with Gasteiger partial charge in [0.1, 0.15) is 5.75 Å². The van der Waals surface area contributed by atoms with Gasteiger partial charge in [-0.2, -0.15) is 0 Å². The van der Waals surface area contributed by atoms with E-state index in [0.717, 1.165) is 29.9 Å².